The number of ether oxygens (including phenoxy) is 1. The van der Waals surface area contributed by atoms with Crippen LogP contribution >= 0.6 is 11.6 Å². The number of aromatic nitrogens is 2. The van der Waals surface area contributed by atoms with Crippen molar-refractivity contribution in [3.05, 3.63) is 35.2 Å². The van der Waals surface area contributed by atoms with Crippen molar-refractivity contribution in [2.45, 2.75) is 12.6 Å². The SMILES string of the molecule is Cn1ncc(Cl)c1-c1cc([NH-])ccc1OCCNCCC(F)(F)F. The fraction of sp³-hybridized carbons (Fsp3) is 0.400. The Morgan fingerprint density at radius 3 is 2.71 bits per heavy atom. The van der Waals surface area contributed by atoms with Crippen LogP contribution in [-0.4, -0.2) is 35.7 Å². The van der Waals surface area contributed by atoms with Gasteiger partial charge in [-0.2, -0.15) is 18.3 Å². The summed E-state index contributed by atoms with van der Waals surface area (Å²) in [6.07, 6.45) is -3.55. The van der Waals surface area contributed by atoms with Gasteiger partial charge in [-0.05, 0) is 6.07 Å². The van der Waals surface area contributed by atoms with Gasteiger partial charge in [0.15, 0.2) is 0 Å². The second-order valence-corrected chi connectivity index (χ2v) is 5.55. The van der Waals surface area contributed by atoms with Crippen LogP contribution in [0.5, 0.6) is 5.75 Å². The van der Waals surface area contributed by atoms with Gasteiger partial charge >= 0.3 is 6.18 Å². The number of hydrogen-bond donors (Lipinski definition) is 1. The molecule has 0 amide bonds. The smallest absolute Gasteiger partial charge is 0.390 e. The lowest BCUT2D eigenvalue weighted by atomic mass is 10.1. The van der Waals surface area contributed by atoms with Gasteiger partial charge in [0.05, 0.1) is 23.3 Å². The van der Waals surface area contributed by atoms with Crippen LogP contribution in [0, 0.1) is 0 Å². The summed E-state index contributed by atoms with van der Waals surface area (Å²) in [7, 11) is 1.72. The van der Waals surface area contributed by atoms with Crippen LogP contribution in [0.1, 0.15) is 6.42 Å². The minimum atomic E-state index is -4.17. The Morgan fingerprint density at radius 1 is 1.33 bits per heavy atom. The first-order valence-electron chi connectivity index (χ1n) is 7.22. The van der Waals surface area contributed by atoms with E-state index in [0.717, 1.165) is 0 Å². The monoisotopic (exact) mass is 361 g/mol. The molecule has 0 atom stereocenters. The summed E-state index contributed by atoms with van der Waals surface area (Å²) in [5.74, 6) is 0.495. The maximum Gasteiger partial charge on any atom is 0.390 e. The Kier molecular flexibility index (Phi) is 5.95. The van der Waals surface area contributed by atoms with E-state index in [9.17, 15) is 13.2 Å². The minimum Gasteiger partial charge on any atom is -0.699 e. The molecule has 1 aromatic heterocycles. The van der Waals surface area contributed by atoms with E-state index in [1.807, 2.05) is 0 Å². The van der Waals surface area contributed by atoms with Crippen LogP contribution in [0.25, 0.3) is 17.0 Å². The molecule has 5 nitrogen and oxygen atoms in total. The molecule has 0 aliphatic carbocycles. The highest BCUT2D eigenvalue weighted by Crippen LogP contribution is 2.36. The fourth-order valence-corrected chi connectivity index (χ4v) is 2.41. The van der Waals surface area contributed by atoms with Gasteiger partial charge in [0.1, 0.15) is 12.4 Å². The maximum atomic E-state index is 12.0. The Hall–Kier alpha value is -1.93. The molecule has 2 rings (SSSR count). The summed E-state index contributed by atoms with van der Waals surface area (Å²) < 4.78 is 43.3. The van der Waals surface area contributed by atoms with E-state index >= 15 is 0 Å². The summed E-state index contributed by atoms with van der Waals surface area (Å²) in [4.78, 5) is 0. The number of rotatable bonds is 7. The predicted molar refractivity (Wildman–Crippen MR) is 86.7 cm³/mol. The Morgan fingerprint density at radius 2 is 2.08 bits per heavy atom. The number of benzene rings is 1. The third kappa shape index (κ3) is 5.04. The van der Waals surface area contributed by atoms with E-state index in [4.69, 9.17) is 22.1 Å². The van der Waals surface area contributed by atoms with Crippen LogP contribution < -0.4 is 10.1 Å². The molecule has 0 spiro atoms. The summed E-state index contributed by atoms with van der Waals surface area (Å²) in [5.41, 5.74) is 9.28. The molecule has 2 aromatic rings. The lowest BCUT2D eigenvalue weighted by Crippen LogP contribution is -2.25. The van der Waals surface area contributed by atoms with E-state index in [0.29, 0.717) is 22.0 Å². The van der Waals surface area contributed by atoms with E-state index < -0.39 is 12.6 Å². The Balaban J connectivity index is 1.99. The predicted octanol–water partition coefficient (Wildman–Crippen LogP) is 4.35. The molecule has 9 heteroatoms. The molecule has 1 heterocycles. The Labute approximate surface area is 142 Å². The Bertz CT molecular complexity index is 668. The fourth-order valence-electron chi connectivity index (χ4n) is 2.14. The molecule has 0 radical (unpaired) electrons. The van der Waals surface area contributed by atoms with E-state index in [2.05, 4.69) is 10.4 Å². The van der Waals surface area contributed by atoms with Gasteiger partial charge in [-0.25, -0.2) is 0 Å². The van der Waals surface area contributed by atoms with Crippen molar-refractivity contribution < 1.29 is 17.9 Å². The molecule has 1 aromatic carbocycles. The van der Waals surface area contributed by atoms with E-state index in [-0.39, 0.29) is 25.4 Å². The molecule has 0 unspecified atom stereocenters. The number of nitrogens with zero attached hydrogens (tertiary/aromatic N) is 2. The molecule has 0 bridgehead atoms. The largest absolute Gasteiger partial charge is 0.699 e. The molecule has 0 aliphatic rings. The van der Waals surface area contributed by atoms with Crippen molar-refractivity contribution in [2.24, 2.45) is 7.05 Å². The topological polar surface area (TPSA) is 62.9 Å². The summed E-state index contributed by atoms with van der Waals surface area (Å²) >= 11 is 6.13. The standard InChI is InChI=1S/C15H17ClF3N4O/c1-23-14(12(16)9-22-23)11-8-10(20)2-3-13(11)24-7-6-21-5-4-15(17,18)19/h2-3,8-9,20-21H,4-7H2,1H3/q-1. The normalized spacial score (nSPS) is 11.7. The molecule has 0 fully saturated rings. The van der Waals surface area contributed by atoms with Crippen LogP contribution in [-0.2, 0) is 7.05 Å². The average Bonchev–Trinajstić information content (AvgIpc) is 2.82. The first kappa shape index (κ1) is 18.4. The highest BCUT2D eigenvalue weighted by molar-refractivity contribution is 6.33. The molecule has 0 saturated heterocycles. The van der Waals surface area contributed by atoms with Crippen LogP contribution in [0.2, 0.25) is 5.02 Å². The number of halogens is 4. The number of aryl methyl sites for hydroxylation is 1. The van der Waals surface area contributed by atoms with Crippen molar-refractivity contribution in [1.29, 1.82) is 0 Å². The zero-order chi connectivity index (χ0) is 17.7. The quantitative estimate of drug-likeness (QED) is 0.746. The van der Waals surface area contributed by atoms with Crippen molar-refractivity contribution in [2.75, 3.05) is 19.7 Å². The second-order valence-electron chi connectivity index (χ2n) is 5.14. The van der Waals surface area contributed by atoms with Crippen LogP contribution in [0.3, 0.4) is 0 Å². The molecular weight excluding hydrogens is 345 g/mol. The number of alkyl halides is 3. The second kappa shape index (κ2) is 7.76. The lowest BCUT2D eigenvalue weighted by Gasteiger charge is -2.15. The zero-order valence-electron chi connectivity index (χ0n) is 13.0. The molecule has 0 aliphatic heterocycles. The van der Waals surface area contributed by atoms with Gasteiger partial charge < -0.3 is 15.8 Å². The molecule has 2 N–H and O–H groups in total. The van der Waals surface area contributed by atoms with Crippen LogP contribution in [0.15, 0.2) is 24.4 Å². The highest BCUT2D eigenvalue weighted by Gasteiger charge is 2.25. The minimum absolute atomic E-state index is 0.154. The first-order valence-corrected chi connectivity index (χ1v) is 7.59. The van der Waals surface area contributed by atoms with Crippen molar-refractivity contribution in [1.82, 2.24) is 15.1 Å². The number of nitrogens with one attached hydrogen (secondary N) is 2. The molecular formula is C15H17ClF3N4O-. The number of hydrogen-bond acceptors (Lipinski definition) is 3. The van der Waals surface area contributed by atoms with Crippen molar-refractivity contribution in [3.8, 4) is 17.0 Å². The third-order valence-electron chi connectivity index (χ3n) is 3.25. The molecule has 24 heavy (non-hydrogen) atoms. The summed E-state index contributed by atoms with van der Waals surface area (Å²) in [5, 5.41) is 7.16. The van der Waals surface area contributed by atoms with Gasteiger partial charge in [0.25, 0.3) is 0 Å². The third-order valence-corrected chi connectivity index (χ3v) is 3.53. The first-order chi connectivity index (χ1) is 11.3. The molecule has 0 saturated carbocycles. The molecule has 132 valence electrons. The average molecular weight is 362 g/mol. The highest BCUT2D eigenvalue weighted by atomic mass is 35.5. The zero-order valence-corrected chi connectivity index (χ0v) is 13.7. The van der Waals surface area contributed by atoms with Gasteiger partial charge in [0.2, 0.25) is 0 Å². The van der Waals surface area contributed by atoms with Gasteiger partial charge in [-0.15, -0.1) is 5.69 Å². The maximum absolute atomic E-state index is 12.0. The van der Waals surface area contributed by atoms with Gasteiger partial charge in [-0.1, -0.05) is 23.7 Å². The van der Waals surface area contributed by atoms with Crippen molar-refractivity contribution >= 4 is 17.3 Å². The van der Waals surface area contributed by atoms with Crippen molar-refractivity contribution in [3.63, 3.8) is 0 Å². The van der Waals surface area contributed by atoms with E-state index in [1.54, 1.807) is 29.9 Å². The van der Waals surface area contributed by atoms with Gasteiger partial charge in [-0.3, -0.25) is 4.68 Å². The van der Waals surface area contributed by atoms with Crippen LogP contribution in [0.4, 0.5) is 18.9 Å². The summed E-state index contributed by atoms with van der Waals surface area (Å²) in [6, 6.07) is 4.81. The summed E-state index contributed by atoms with van der Waals surface area (Å²) in [6.45, 7) is 0.313. The lowest BCUT2D eigenvalue weighted by molar-refractivity contribution is -0.133. The van der Waals surface area contributed by atoms with E-state index in [1.165, 1.54) is 6.20 Å². The van der Waals surface area contributed by atoms with Gasteiger partial charge in [0, 0.05) is 25.7 Å².